The number of hydrogen-bond donors (Lipinski definition) is 2. The van der Waals surface area contributed by atoms with E-state index in [9.17, 15) is 9.59 Å². The fraction of sp³-hybridized carbons (Fsp3) is 0.545. The lowest BCUT2D eigenvalue weighted by atomic mass is 10.0. The summed E-state index contributed by atoms with van der Waals surface area (Å²) >= 11 is 0. The number of carbonyl (C=O) groups excluding carboxylic acids is 1. The molecule has 1 rings (SSSR count). The molecule has 1 heterocycles. The van der Waals surface area contributed by atoms with Crippen molar-refractivity contribution in [3.05, 3.63) is 28.9 Å². The minimum atomic E-state index is -0.650. The second kappa shape index (κ2) is 5.58. The Kier molecular flexibility index (Phi) is 4.39. The second-order valence-electron chi connectivity index (χ2n) is 4.15. The van der Waals surface area contributed by atoms with Gasteiger partial charge in [-0.3, -0.25) is 9.36 Å². The van der Waals surface area contributed by atoms with Crippen LogP contribution < -0.4 is 11.0 Å². The van der Waals surface area contributed by atoms with Crippen LogP contribution in [0.15, 0.2) is 23.3 Å². The molecule has 1 atom stereocenters. The molecule has 0 aromatic carbocycles. The third-order valence-electron chi connectivity index (χ3n) is 2.67. The molecule has 1 aromatic rings. The van der Waals surface area contributed by atoms with Crippen LogP contribution in [-0.4, -0.2) is 32.7 Å². The first kappa shape index (κ1) is 13.4. The van der Waals surface area contributed by atoms with Crippen molar-refractivity contribution in [3.8, 4) is 0 Å². The fourth-order valence-electron chi connectivity index (χ4n) is 1.28. The number of aliphatic hydroxyl groups is 1. The Hall–Kier alpha value is -1.69. The maximum Gasteiger partial charge on any atom is 0.347 e. The molecule has 0 bridgehead atoms. The molecule has 17 heavy (non-hydrogen) atoms. The summed E-state index contributed by atoms with van der Waals surface area (Å²) in [4.78, 5) is 26.5. The number of nitrogens with one attached hydrogen (secondary N) is 1. The highest BCUT2D eigenvalue weighted by atomic mass is 16.3. The van der Waals surface area contributed by atoms with E-state index in [-0.39, 0.29) is 19.1 Å². The van der Waals surface area contributed by atoms with E-state index in [1.165, 1.54) is 17.0 Å². The Labute approximate surface area is 99.3 Å². The van der Waals surface area contributed by atoms with Crippen LogP contribution in [0.25, 0.3) is 0 Å². The van der Waals surface area contributed by atoms with Crippen molar-refractivity contribution in [1.29, 1.82) is 0 Å². The Morgan fingerprint density at radius 1 is 1.65 bits per heavy atom. The molecule has 2 N–H and O–H groups in total. The van der Waals surface area contributed by atoms with Crippen LogP contribution in [0.1, 0.15) is 20.3 Å². The van der Waals surface area contributed by atoms with Crippen molar-refractivity contribution in [2.75, 3.05) is 6.61 Å². The quantitative estimate of drug-likeness (QED) is 0.727. The summed E-state index contributed by atoms with van der Waals surface area (Å²) in [5.41, 5.74) is -1.12. The predicted molar refractivity (Wildman–Crippen MR) is 62.4 cm³/mol. The van der Waals surface area contributed by atoms with Gasteiger partial charge in [0.25, 0.3) is 0 Å². The Morgan fingerprint density at radius 2 is 2.35 bits per heavy atom. The van der Waals surface area contributed by atoms with E-state index in [1.807, 2.05) is 6.92 Å². The SMILES string of the molecule is CCC(C)(CO)NC(=O)Cn1cccnc1=O. The number of aliphatic hydroxyl groups excluding tert-OH is 1. The van der Waals surface area contributed by atoms with E-state index in [1.54, 1.807) is 13.0 Å². The van der Waals surface area contributed by atoms with Gasteiger partial charge in [0.1, 0.15) is 6.54 Å². The van der Waals surface area contributed by atoms with E-state index in [4.69, 9.17) is 5.11 Å². The van der Waals surface area contributed by atoms with Crippen molar-refractivity contribution in [2.45, 2.75) is 32.4 Å². The van der Waals surface area contributed by atoms with Crippen molar-refractivity contribution >= 4 is 5.91 Å². The largest absolute Gasteiger partial charge is 0.394 e. The van der Waals surface area contributed by atoms with E-state index >= 15 is 0 Å². The monoisotopic (exact) mass is 239 g/mol. The average molecular weight is 239 g/mol. The molecule has 0 saturated carbocycles. The molecule has 0 aliphatic carbocycles. The number of hydrogen-bond acceptors (Lipinski definition) is 4. The lowest BCUT2D eigenvalue weighted by molar-refractivity contribution is -0.124. The first-order valence-corrected chi connectivity index (χ1v) is 5.44. The van der Waals surface area contributed by atoms with Crippen LogP contribution in [0.2, 0.25) is 0 Å². The minimum absolute atomic E-state index is 0.0950. The molecule has 0 saturated heterocycles. The summed E-state index contributed by atoms with van der Waals surface area (Å²) in [7, 11) is 0. The minimum Gasteiger partial charge on any atom is -0.394 e. The van der Waals surface area contributed by atoms with Gasteiger partial charge in [-0.25, -0.2) is 9.78 Å². The summed E-state index contributed by atoms with van der Waals surface area (Å²) in [6, 6.07) is 1.58. The summed E-state index contributed by atoms with van der Waals surface area (Å²) in [5.74, 6) is -0.321. The maximum absolute atomic E-state index is 11.7. The summed E-state index contributed by atoms with van der Waals surface area (Å²) in [6.45, 7) is 3.38. The number of aromatic nitrogens is 2. The Balaban J connectivity index is 2.68. The van der Waals surface area contributed by atoms with Gasteiger partial charge in [-0.1, -0.05) is 6.92 Å². The van der Waals surface area contributed by atoms with Gasteiger partial charge in [0.15, 0.2) is 0 Å². The van der Waals surface area contributed by atoms with Gasteiger partial charge in [-0.05, 0) is 19.4 Å². The Morgan fingerprint density at radius 3 is 2.88 bits per heavy atom. The zero-order valence-electron chi connectivity index (χ0n) is 10.0. The van der Waals surface area contributed by atoms with Crippen LogP contribution in [0.4, 0.5) is 0 Å². The molecule has 0 aliphatic heterocycles. The first-order valence-electron chi connectivity index (χ1n) is 5.44. The zero-order valence-corrected chi connectivity index (χ0v) is 10.0. The molecule has 1 unspecified atom stereocenters. The number of amides is 1. The van der Waals surface area contributed by atoms with Crippen LogP contribution >= 0.6 is 0 Å². The molecule has 0 aliphatic rings. The Bertz CT molecular complexity index is 438. The van der Waals surface area contributed by atoms with Crippen molar-refractivity contribution in [2.24, 2.45) is 0 Å². The molecule has 94 valence electrons. The second-order valence-corrected chi connectivity index (χ2v) is 4.15. The normalized spacial score (nSPS) is 14.1. The van der Waals surface area contributed by atoms with Crippen molar-refractivity contribution < 1.29 is 9.90 Å². The highest BCUT2D eigenvalue weighted by Crippen LogP contribution is 2.07. The molecular formula is C11H17N3O3. The first-order chi connectivity index (χ1) is 8.00. The summed E-state index contributed by atoms with van der Waals surface area (Å²) in [6.07, 6.45) is 3.48. The summed E-state index contributed by atoms with van der Waals surface area (Å²) in [5, 5.41) is 11.9. The van der Waals surface area contributed by atoms with Gasteiger partial charge in [0, 0.05) is 12.4 Å². The van der Waals surface area contributed by atoms with Crippen LogP contribution in [0, 0.1) is 0 Å². The standard InChI is InChI=1S/C11H17N3O3/c1-3-11(2,8-15)13-9(16)7-14-6-4-5-12-10(14)17/h4-6,15H,3,7-8H2,1-2H3,(H,13,16). The molecule has 0 fully saturated rings. The lowest BCUT2D eigenvalue weighted by Gasteiger charge is -2.27. The van der Waals surface area contributed by atoms with Gasteiger partial charge < -0.3 is 10.4 Å². The van der Waals surface area contributed by atoms with E-state index in [2.05, 4.69) is 10.3 Å². The molecule has 6 nitrogen and oxygen atoms in total. The number of nitrogens with zero attached hydrogens (tertiary/aromatic N) is 2. The molecule has 1 aromatic heterocycles. The number of rotatable bonds is 5. The van der Waals surface area contributed by atoms with E-state index in [0.717, 1.165) is 0 Å². The highest BCUT2D eigenvalue weighted by Gasteiger charge is 2.23. The molecule has 0 radical (unpaired) electrons. The average Bonchev–Trinajstić information content (AvgIpc) is 2.32. The van der Waals surface area contributed by atoms with Gasteiger partial charge in [-0.15, -0.1) is 0 Å². The van der Waals surface area contributed by atoms with Gasteiger partial charge >= 0.3 is 5.69 Å². The highest BCUT2D eigenvalue weighted by molar-refractivity contribution is 5.76. The third kappa shape index (κ3) is 3.67. The van der Waals surface area contributed by atoms with Crippen LogP contribution in [0.3, 0.4) is 0 Å². The topological polar surface area (TPSA) is 84.2 Å². The smallest absolute Gasteiger partial charge is 0.347 e. The van der Waals surface area contributed by atoms with Crippen LogP contribution in [-0.2, 0) is 11.3 Å². The lowest BCUT2D eigenvalue weighted by Crippen LogP contribution is -2.50. The van der Waals surface area contributed by atoms with Crippen LogP contribution in [0.5, 0.6) is 0 Å². The van der Waals surface area contributed by atoms with E-state index < -0.39 is 11.2 Å². The summed E-state index contributed by atoms with van der Waals surface area (Å²) < 4.78 is 1.21. The third-order valence-corrected chi connectivity index (χ3v) is 2.67. The van der Waals surface area contributed by atoms with Gasteiger partial charge in [0.05, 0.1) is 12.1 Å². The zero-order chi connectivity index (χ0) is 12.9. The molecular weight excluding hydrogens is 222 g/mol. The van der Waals surface area contributed by atoms with E-state index in [0.29, 0.717) is 6.42 Å². The van der Waals surface area contributed by atoms with Crippen molar-refractivity contribution in [3.63, 3.8) is 0 Å². The predicted octanol–water partition coefficient (Wildman–Crippen LogP) is -0.480. The fourth-order valence-corrected chi connectivity index (χ4v) is 1.28. The molecule has 6 heteroatoms. The molecule has 0 spiro atoms. The molecule has 1 amide bonds. The maximum atomic E-state index is 11.7. The van der Waals surface area contributed by atoms with Gasteiger partial charge in [0.2, 0.25) is 5.91 Å². The van der Waals surface area contributed by atoms with Crippen molar-refractivity contribution in [1.82, 2.24) is 14.9 Å². The van der Waals surface area contributed by atoms with Gasteiger partial charge in [-0.2, -0.15) is 0 Å². The number of carbonyl (C=O) groups is 1.